The number of hydrogen-bond acceptors (Lipinski definition) is 4. The molecular formula is C16H15N3O2. The Labute approximate surface area is 121 Å². The van der Waals surface area contributed by atoms with E-state index in [0.717, 1.165) is 5.39 Å². The van der Waals surface area contributed by atoms with E-state index in [-0.39, 0.29) is 17.0 Å². The second-order valence-electron chi connectivity index (χ2n) is 4.73. The highest BCUT2D eigenvalue weighted by atomic mass is 16.3. The summed E-state index contributed by atoms with van der Waals surface area (Å²) in [6, 6.07) is 10.5. The van der Waals surface area contributed by atoms with Crippen molar-refractivity contribution in [2.75, 3.05) is 5.73 Å². The third-order valence-electron chi connectivity index (χ3n) is 3.55. The van der Waals surface area contributed by atoms with Gasteiger partial charge in [0.25, 0.3) is 5.56 Å². The van der Waals surface area contributed by atoms with Crippen molar-refractivity contribution in [1.29, 1.82) is 0 Å². The lowest BCUT2D eigenvalue weighted by atomic mass is 10.00. The van der Waals surface area contributed by atoms with Gasteiger partial charge in [-0.3, -0.25) is 9.36 Å². The number of fused-ring (bicyclic) bond motifs is 1. The van der Waals surface area contributed by atoms with Gasteiger partial charge in [-0.25, -0.2) is 4.98 Å². The molecule has 0 saturated heterocycles. The quantitative estimate of drug-likeness (QED) is 0.755. The number of benzene rings is 1. The van der Waals surface area contributed by atoms with Crippen LogP contribution in [0.3, 0.4) is 0 Å². The van der Waals surface area contributed by atoms with Gasteiger partial charge < -0.3 is 10.8 Å². The average molecular weight is 281 g/mol. The molecule has 2 heterocycles. The van der Waals surface area contributed by atoms with Crippen molar-refractivity contribution in [2.45, 2.75) is 13.5 Å². The number of aromatic nitrogens is 2. The number of para-hydroxylation sites is 1. The van der Waals surface area contributed by atoms with E-state index in [9.17, 15) is 9.90 Å². The molecule has 0 aliphatic carbocycles. The van der Waals surface area contributed by atoms with E-state index in [2.05, 4.69) is 4.98 Å². The molecule has 1 aromatic carbocycles. The van der Waals surface area contributed by atoms with Gasteiger partial charge in [-0.15, -0.1) is 0 Å². The highest BCUT2D eigenvalue weighted by molar-refractivity contribution is 6.00. The maximum Gasteiger partial charge on any atom is 0.275 e. The SMILES string of the molecule is CCn1c(=O)c(N)c(-c2ccccc2O)c2cccnc21. The van der Waals surface area contributed by atoms with Gasteiger partial charge in [-0.2, -0.15) is 0 Å². The van der Waals surface area contributed by atoms with Crippen LogP contribution in [0.15, 0.2) is 47.4 Å². The molecule has 2 aromatic heterocycles. The van der Waals surface area contributed by atoms with Crippen molar-refractivity contribution >= 4 is 16.7 Å². The first-order valence-corrected chi connectivity index (χ1v) is 6.70. The number of phenolic OH excluding ortho intramolecular Hbond substituents is 1. The van der Waals surface area contributed by atoms with Crippen molar-refractivity contribution in [3.63, 3.8) is 0 Å². The molecule has 0 aliphatic heterocycles. The van der Waals surface area contributed by atoms with E-state index in [1.807, 2.05) is 13.0 Å². The van der Waals surface area contributed by atoms with E-state index >= 15 is 0 Å². The zero-order valence-corrected chi connectivity index (χ0v) is 11.6. The monoisotopic (exact) mass is 281 g/mol. The Bertz CT molecular complexity index is 884. The summed E-state index contributed by atoms with van der Waals surface area (Å²) in [5, 5.41) is 10.8. The molecule has 3 N–H and O–H groups in total. The Kier molecular flexibility index (Phi) is 3.10. The maximum absolute atomic E-state index is 12.4. The lowest BCUT2D eigenvalue weighted by molar-refractivity contribution is 0.477. The fourth-order valence-electron chi connectivity index (χ4n) is 2.57. The van der Waals surface area contributed by atoms with E-state index < -0.39 is 0 Å². The minimum Gasteiger partial charge on any atom is -0.507 e. The van der Waals surface area contributed by atoms with Crippen LogP contribution in [0.4, 0.5) is 5.69 Å². The summed E-state index contributed by atoms with van der Waals surface area (Å²) in [5.41, 5.74) is 7.52. The third kappa shape index (κ3) is 1.94. The fourth-order valence-corrected chi connectivity index (χ4v) is 2.57. The van der Waals surface area contributed by atoms with Gasteiger partial charge in [0.15, 0.2) is 0 Å². The van der Waals surface area contributed by atoms with Crippen molar-refractivity contribution in [3.8, 4) is 16.9 Å². The van der Waals surface area contributed by atoms with Crippen LogP contribution in [-0.2, 0) is 6.54 Å². The number of pyridine rings is 2. The molecule has 0 fully saturated rings. The van der Waals surface area contributed by atoms with Crippen LogP contribution in [0.5, 0.6) is 5.75 Å². The van der Waals surface area contributed by atoms with Crippen LogP contribution in [0, 0.1) is 0 Å². The molecule has 0 unspecified atom stereocenters. The highest BCUT2D eigenvalue weighted by Crippen LogP contribution is 2.36. The lowest BCUT2D eigenvalue weighted by Gasteiger charge is -2.14. The summed E-state index contributed by atoms with van der Waals surface area (Å²) >= 11 is 0. The molecule has 0 saturated carbocycles. The van der Waals surface area contributed by atoms with Crippen molar-refractivity contribution in [3.05, 3.63) is 52.9 Å². The maximum atomic E-state index is 12.4. The molecule has 3 rings (SSSR count). The van der Waals surface area contributed by atoms with E-state index in [4.69, 9.17) is 5.73 Å². The number of phenols is 1. The van der Waals surface area contributed by atoms with Crippen LogP contribution in [0.1, 0.15) is 6.92 Å². The number of nitrogen functional groups attached to an aromatic ring is 1. The fraction of sp³-hybridized carbons (Fsp3) is 0.125. The second-order valence-corrected chi connectivity index (χ2v) is 4.73. The standard InChI is InChI=1S/C16H15N3O2/c1-2-19-15-11(7-5-9-18-15)13(14(17)16(19)21)10-6-3-4-8-12(10)20/h3-9,20H,2,17H2,1H3. The van der Waals surface area contributed by atoms with Gasteiger partial charge in [-0.05, 0) is 25.1 Å². The van der Waals surface area contributed by atoms with Gasteiger partial charge in [0.05, 0.1) is 0 Å². The van der Waals surface area contributed by atoms with Crippen LogP contribution in [-0.4, -0.2) is 14.7 Å². The zero-order chi connectivity index (χ0) is 15.0. The van der Waals surface area contributed by atoms with Crippen LogP contribution < -0.4 is 11.3 Å². The molecule has 0 atom stereocenters. The molecule has 0 amide bonds. The van der Waals surface area contributed by atoms with E-state index in [0.29, 0.717) is 23.3 Å². The molecule has 0 bridgehead atoms. The largest absolute Gasteiger partial charge is 0.507 e. The Balaban J connectivity index is 2.52. The van der Waals surface area contributed by atoms with Gasteiger partial charge in [-0.1, -0.05) is 18.2 Å². The Hall–Kier alpha value is -2.82. The van der Waals surface area contributed by atoms with Crippen LogP contribution in [0.25, 0.3) is 22.2 Å². The number of aromatic hydroxyl groups is 1. The minimum atomic E-state index is -0.290. The number of rotatable bonds is 2. The number of anilines is 1. The smallest absolute Gasteiger partial charge is 0.275 e. The Morgan fingerprint density at radius 2 is 2.00 bits per heavy atom. The van der Waals surface area contributed by atoms with Crippen LogP contribution in [0.2, 0.25) is 0 Å². The molecule has 0 radical (unpaired) electrons. The average Bonchev–Trinajstić information content (AvgIpc) is 2.50. The third-order valence-corrected chi connectivity index (χ3v) is 3.55. The molecule has 0 spiro atoms. The zero-order valence-electron chi connectivity index (χ0n) is 11.6. The Morgan fingerprint density at radius 1 is 1.24 bits per heavy atom. The first-order chi connectivity index (χ1) is 10.1. The predicted molar refractivity (Wildman–Crippen MR) is 83.2 cm³/mol. The molecule has 5 heteroatoms. The summed E-state index contributed by atoms with van der Waals surface area (Å²) in [5.74, 6) is 0.0861. The number of aryl methyl sites for hydroxylation is 1. The summed E-state index contributed by atoms with van der Waals surface area (Å²) < 4.78 is 1.54. The first kappa shape index (κ1) is 13.2. The predicted octanol–water partition coefficient (Wildman–Crippen LogP) is 2.37. The summed E-state index contributed by atoms with van der Waals surface area (Å²) in [4.78, 5) is 16.7. The summed E-state index contributed by atoms with van der Waals surface area (Å²) in [7, 11) is 0. The summed E-state index contributed by atoms with van der Waals surface area (Å²) in [6.45, 7) is 2.35. The molecule has 5 nitrogen and oxygen atoms in total. The number of nitrogens with two attached hydrogens (primary N) is 1. The van der Waals surface area contributed by atoms with Crippen molar-refractivity contribution in [2.24, 2.45) is 0 Å². The van der Waals surface area contributed by atoms with Crippen molar-refractivity contribution < 1.29 is 5.11 Å². The van der Waals surface area contributed by atoms with Crippen LogP contribution >= 0.6 is 0 Å². The number of nitrogens with zero attached hydrogens (tertiary/aromatic N) is 2. The number of hydrogen-bond donors (Lipinski definition) is 2. The normalized spacial score (nSPS) is 10.9. The topological polar surface area (TPSA) is 81.1 Å². The van der Waals surface area contributed by atoms with Gasteiger partial charge in [0.2, 0.25) is 0 Å². The van der Waals surface area contributed by atoms with Gasteiger partial charge in [0, 0.05) is 29.3 Å². The van der Waals surface area contributed by atoms with Crippen molar-refractivity contribution in [1.82, 2.24) is 9.55 Å². The lowest BCUT2D eigenvalue weighted by Crippen LogP contribution is -2.24. The minimum absolute atomic E-state index is 0.0861. The second kappa shape index (κ2) is 4.94. The molecular weight excluding hydrogens is 266 g/mol. The Morgan fingerprint density at radius 3 is 2.71 bits per heavy atom. The first-order valence-electron chi connectivity index (χ1n) is 6.70. The van der Waals surface area contributed by atoms with Gasteiger partial charge >= 0.3 is 0 Å². The summed E-state index contributed by atoms with van der Waals surface area (Å²) in [6.07, 6.45) is 1.64. The highest BCUT2D eigenvalue weighted by Gasteiger charge is 2.17. The molecule has 21 heavy (non-hydrogen) atoms. The molecule has 106 valence electrons. The molecule has 0 aliphatic rings. The van der Waals surface area contributed by atoms with E-state index in [1.165, 1.54) is 4.57 Å². The van der Waals surface area contributed by atoms with Gasteiger partial charge in [0.1, 0.15) is 17.1 Å². The van der Waals surface area contributed by atoms with E-state index in [1.54, 1.807) is 36.5 Å². The molecule has 3 aromatic rings.